The van der Waals surface area contributed by atoms with Gasteiger partial charge in [0.05, 0.1) is 6.42 Å². The molecule has 2 aromatic carbocycles. The van der Waals surface area contributed by atoms with E-state index in [4.69, 9.17) is 9.26 Å². The quantitative estimate of drug-likeness (QED) is 0.382. The molecule has 0 spiro atoms. The number of halogens is 3. The molecule has 1 heterocycles. The molecule has 0 unspecified atom stereocenters. The van der Waals surface area contributed by atoms with Gasteiger partial charge in [-0.3, -0.25) is 4.79 Å². The number of rotatable bonds is 7. The van der Waals surface area contributed by atoms with Crippen molar-refractivity contribution in [3.63, 3.8) is 0 Å². The molecule has 0 amide bonds. The number of ketones is 1. The summed E-state index contributed by atoms with van der Waals surface area (Å²) in [4.78, 5) is 22.4. The normalized spacial score (nSPS) is 11.3. The summed E-state index contributed by atoms with van der Waals surface area (Å²) < 4.78 is 47.5. The van der Waals surface area contributed by atoms with Gasteiger partial charge in [-0.15, -0.1) is 4.91 Å². The second kappa shape index (κ2) is 8.23. The number of ether oxygens (including phenoxy) is 1. The van der Waals surface area contributed by atoms with Crippen molar-refractivity contribution in [2.75, 3.05) is 0 Å². The minimum absolute atomic E-state index is 0.0900. The number of Topliss-reactive ketones (excluding diaryl/α,β-unsaturated/α-hetero) is 1. The molecule has 0 fully saturated rings. The van der Waals surface area contributed by atoms with Gasteiger partial charge in [0.2, 0.25) is 0 Å². The summed E-state index contributed by atoms with van der Waals surface area (Å²) in [5.41, 5.74) is -0.291. The minimum Gasteiger partial charge on any atom is -0.508 e. The maximum Gasteiger partial charge on any atom is 0.389 e. The van der Waals surface area contributed by atoms with E-state index in [1.807, 2.05) is 0 Å². The number of carbonyl (C=O) groups is 1. The van der Waals surface area contributed by atoms with Gasteiger partial charge >= 0.3 is 6.18 Å². The lowest BCUT2D eigenvalue weighted by Crippen LogP contribution is -2.11. The zero-order valence-corrected chi connectivity index (χ0v) is 15.0. The van der Waals surface area contributed by atoms with Gasteiger partial charge in [0.25, 0.3) is 0 Å². The Morgan fingerprint density at radius 2 is 1.83 bits per heavy atom. The fourth-order valence-electron chi connectivity index (χ4n) is 2.52. The zero-order chi connectivity index (χ0) is 21.9. The van der Waals surface area contributed by atoms with E-state index in [-0.39, 0.29) is 40.0 Å². The minimum atomic E-state index is -4.49. The highest BCUT2D eigenvalue weighted by Gasteiger charge is 2.29. The van der Waals surface area contributed by atoms with Crippen molar-refractivity contribution in [3.05, 3.63) is 53.1 Å². The molecule has 11 heteroatoms. The van der Waals surface area contributed by atoms with Crippen LogP contribution in [0.5, 0.6) is 23.0 Å². The number of benzene rings is 2. The summed E-state index contributed by atoms with van der Waals surface area (Å²) in [7, 11) is 0. The van der Waals surface area contributed by atoms with E-state index in [9.17, 15) is 33.1 Å². The predicted molar refractivity (Wildman–Crippen MR) is 96.9 cm³/mol. The van der Waals surface area contributed by atoms with Crippen LogP contribution in [0.15, 0.2) is 52.2 Å². The van der Waals surface area contributed by atoms with Gasteiger partial charge in [0.15, 0.2) is 11.5 Å². The van der Waals surface area contributed by atoms with Gasteiger partial charge in [0, 0.05) is 24.6 Å². The molecule has 0 saturated carbocycles. The van der Waals surface area contributed by atoms with Crippen LogP contribution >= 0.6 is 0 Å². The number of phenols is 2. The van der Waals surface area contributed by atoms with Gasteiger partial charge in [-0.25, -0.2) is 0 Å². The molecule has 0 aliphatic rings. The molecule has 3 aromatic rings. The summed E-state index contributed by atoms with van der Waals surface area (Å²) in [5.74, 6) is -1.76. The Balaban J connectivity index is 1.91. The lowest BCUT2D eigenvalue weighted by Gasteiger charge is -2.11. The van der Waals surface area contributed by atoms with E-state index in [2.05, 4.69) is 10.3 Å². The van der Waals surface area contributed by atoms with E-state index in [1.165, 1.54) is 24.3 Å². The highest BCUT2D eigenvalue weighted by atomic mass is 19.4. The third-order valence-electron chi connectivity index (χ3n) is 3.91. The molecule has 0 aliphatic carbocycles. The summed E-state index contributed by atoms with van der Waals surface area (Å²) in [6.07, 6.45) is -6.61. The van der Waals surface area contributed by atoms with E-state index in [1.54, 1.807) is 0 Å². The van der Waals surface area contributed by atoms with Crippen molar-refractivity contribution in [2.24, 2.45) is 5.18 Å². The van der Waals surface area contributed by atoms with Gasteiger partial charge in [-0.2, -0.15) is 13.2 Å². The predicted octanol–water partition coefficient (Wildman–Crippen LogP) is 5.47. The Morgan fingerprint density at radius 1 is 1.13 bits per heavy atom. The lowest BCUT2D eigenvalue weighted by molar-refractivity contribution is -0.133. The molecule has 1 aromatic heterocycles. The van der Waals surface area contributed by atoms with Crippen molar-refractivity contribution in [1.82, 2.24) is 5.16 Å². The fourth-order valence-corrected chi connectivity index (χ4v) is 2.52. The van der Waals surface area contributed by atoms with E-state index in [0.717, 1.165) is 18.2 Å². The molecule has 30 heavy (non-hydrogen) atoms. The number of nitrogens with zero attached hydrogens (tertiary/aromatic N) is 2. The van der Waals surface area contributed by atoms with E-state index < -0.39 is 30.6 Å². The maximum absolute atomic E-state index is 12.3. The lowest BCUT2D eigenvalue weighted by atomic mass is 10.1. The first kappa shape index (κ1) is 20.8. The number of phenolic OH excluding ortho intramolecular Hbond substituents is 2. The van der Waals surface area contributed by atoms with Crippen molar-refractivity contribution in [3.8, 4) is 34.3 Å². The van der Waals surface area contributed by atoms with Crippen molar-refractivity contribution in [2.45, 2.75) is 19.0 Å². The van der Waals surface area contributed by atoms with Crippen LogP contribution in [-0.4, -0.2) is 27.3 Å². The Hall–Kier alpha value is -3.89. The third kappa shape index (κ3) is 4.93. The number of aromatic hydroxyl groups is 2. The van der Waals surface area contributed by atoms with E-state index in [0.29, 0.717) is 0 Å². The van der Waals surface area contributed by atoms with Crippen molar-refractivity contribution in [1.29, 1.82) is 0 Å². The van der Waals surface area contributed by atoms with Crippen LogP contribution in [0.25, 0.3) is 11.3 Å². The topological polar surface area (TPSA) is 122 Å². The molecule has 156 valence electrons. The number of nitroso groups, excluding NO2 is 1. The second-order valence-corrected chi connectivity index (χ2v) is 6.14. The smallest absolute Gasteiger partial charge is 0.389 e. The van der Waals surface area contributed by atoms with Gasteiger partial charge in [0.1, 0.15) is 39.9 Å². The largest absolute Gasteiger partial charge is 0.508 e. The average Bonchev–Trinajstić information content (AvgIpc) is 3.15. The second-order valence-electron chi connectivity index (χ2n) is 6.14. The maximum atomic E-state index is 12.3. The van der Waals surface area contributed by atoms with Crippen LogP contribution in [-0.2, 0) is 0 Å². The summed E-state index contributed by atoms with van der Waals surface area (Å²) >= 11 is 0. The highest BCUT2D eigenvalue weighted by Crippen LogP contribution is 2.43. The molecule has 2 N–H and O–H groups in total. The van der Waals surface area contributed by atoms with E-state index >= 15 is 0 Å². The zero-order valence-electron chi connectivity index (χ0n) is 15.0. The van der Waals surface area contributed by atoms with Crippen LogP contribution in [0.2, 0.25) is 0 Å². The summed E-state index contributed by atoms with van der Waals surface area (Å²) in [5, 5.41) is 26.2. The molecule has 8 nitrogen and oxygen atoms in total. The SMILES string of the molecule is O=Nc1ccc(Oc2cc(O)cc(O)c2-c2cc(C(=O)CCC(F)(F)F)no2)cc1. The third-order valence-corrected chi connectivity index (χ3v) is 3.91. The Bertz CT molecular complexity index is 1080. The Kier molecular flexibility index (Phi) is 5.72. The average molecular weight is 422 g/mol. The Morgan fingerprint density at radius 3 is 2.47 bits per heavy atom. The molecular weight excluding hydrogens is 409 g/mol. The van der Waals surface area contributed by atoms with Gasteiger partial charge < -0.3 is 19.5 Å². The molecular formula is C19H13F3N2O6. The van der Waals surface area contributed by atoms with Crippen molar-refractivity contribution < 1.29 is 37.4 Å². The molecule has 0 bridgehead atoms. The van der Waals surface area contributed by atoms with Crippen LogP contribution in [0, 0.1) is 4.91 Å². The van der Waals surface area contributed by atoms with Crippen LogP contribution in [0.4, 0.5) is 18.9 Å². The number of hydrogen-bond donors (Lipinski definition) is 2. The summed E-state index contributed by atoms with van der Waals surface area (Å²) in [6, 6.07) is 8.76. The van der Waals surface area contributed by atoms with Crippen molar-refractivity contribution >= 4 is 11.5 Å². The summed E-state index contributed by atoms with van der Waals surface area (Å²) in [6.45, 7) is 0. The van der Waals surface area contributed by atoms with Gasteiger partial charge in [-0.1, -0.05) is 5.16 Å². The molecule has 0 atom stereocenters. The van der Waals surface area contributed by atoms with Crippen LogP contribution in [0.1, 0.15) is 23.3 Å². The van der Waals surface area contributed by atoms with Crippen LogP contribution < -0.4 is 4.74 Å². The number of aromatic nitrogens is 1. The standard InChI is InChI=1S/C19H13F3N2O6/c20-19(21,22)6-5-14(26)13-9-17(30-24-13)18-15(27)7-11(25)8-16(18)29-12-3-1-10(23-28)2-4-12/h1-4,7-9,25,27H,5-6H2. The number of carbonyl (C=O) groups excluding carboxylic acids is 1. The first-order chi connectivity index (χ1) is 14.2. The fraction of sp³-hybridized carbons (Fsp3) is 0.158. The number of hydrogen-bond acceptors (Lipinski definition) is 8. The molecule has 0 saturated heterocycles. The molecule has 3 rings (SSSR count). The first-order valence-electron chi connectivity index (χ1n) is 8.40. The van der Waals surface area contributed by atoms with Crippen LogP contribution in [0.3, 0.4) is 0 Å². The first-order valence-corrected chi connectivity index (χ1v) is 8.40. The highest BCUT2D eigenvalue weighted by molar-refractivity contribution is 5.95. The number of alkyl halides is 3. The monoisotopic (exact) mass is 422 g/mol. The molecule has 0 radical (unpaired) electrons. The van der Waals surface area contributed by atoms with Gasteiger partial charge in [-0.05, 0) is 29.4 Å². The Labute approximate surface area is 166 Å². The molecule has 0 aliphatic heterocycles.